The molecule has 0 saturated heterocycles. The maximum absolute atomic E-state index is 10.3. The normalized spacial score (nSPS) is 13.5. The van der Waals surface area contributed by atoms with Crippen LogP contribution in [0.2, 0.25) is 0 Å². The summed E-state index contributed by atoms with van der Waals surface area (Å²) in [6, 6.07) is 14.8. The third-order valence-electron chi connectivity index (χ3n) is 3.79. The van der Waals surface area contributed by atoms with Gasteiger partial charge in [0.05, 0.1) is 0 Å². The molecule has 0 bridgehead atoms. The van der Waals surface area contributed by atoms with Crippen LogP contribution in [0.3, 0.4) is 0 Å². The number of rotatable bonds is 4. The summed E-state index contributed by atoms with van der Waals surface area (Å²) < 4.78 is 0. The quantitative estimate of drug-likeness (QED) is 0.764. The van der Waals surface area contributed by atoms with Crippen LogP contribution in [0.1, 0.15) is 46.1 Å². The topological polar surface area (TPSA) is 92.0 Å². The van der Waals surface area contributed by atoms with Gasteiger partial charge in [-0.2, -0.15) is 0 Å². The van der Waals surface area contributed by atoms with Crippen molar-refractivity contribution in [3.63, 3.8) is 0 Å². The standard InChI is InChI=1S/C18H18N4O2/c1-11-3-7-13(8-4-11)15(23)17-19-21-18(22-20-17)16(24)14-9-5-12(2)6-10-14/h3-10,15-16,23-24H,1-2H3/t15-,16+. The lowest BCUT2D eigenvalue weighted by atomic mass is 10.1. The van der Waals surface area contributed by atoms with Crippen molar-refractivity contribution in [1.29, 1.82) is 0 Å². The van der Waals surface area contributed by atoms with Gasteiger partial charge in [0.15, 0.2) is 0 Å². The monoisotopic (exact) mass is 322 g/mol. The molecule has 3 aromatic rings. The summed E-state index contributed by atoms with van der Waals surface area (Å²) >= 11 is 0. The van der Waals surface area contributed by atoms with Gasteiger partial charge in [-0.1, -0.05) is 59.7 Å². The Balaban J connectivity index is 1.79. The molecule has 2 atom stereocenters. The maximum atomic E-state index is 10.3. The van der Waals surface area contributed by atoms with E-state index in [0.29, 0.717) is 11.1 Å². The number of aliphatic hydroxyl groups is 2. The lowest BCUT2D eigenvalue weighted by Gasteiger charge is -2.11. The second kappa shape index (κ2) is 6.82. The molecule has 0 aliphatic carbocycles. The van der Waals surface area contributed by atoms with E-state index >= 15 is 0 Å². The van der Waals surface area contributed by atoms with Gasteiger partial charge in [-0.05, 0) is 25.0 Å². The van der Waals surface area contributed by atoms with Crippen molar-refractivity contribution in [3.05, 3.63) is 82.4 Å². The van der Waals surface area contributed by atoms with Crippen LogP contribution in [0.15, 0.2) is 48.5 Å². The van der Waals surface area contributed by atoms with Gasteiger partial charge in [-0.3, -0.25) is 0 Å². The molecule has 1 heterocycles. The van der Waals surface area contributed by atoms with E-state index in [1.54, 1.807) is 24.3 Å². The van der Waals surface area contributed by atoms with Crippen LogP contribution in [0.25, 0.3) is 0 Å². The minimum atomic E-state index is -1.00. The summed E-state index contributed by atoms with van der Waals surface area (Å²) in [5, 5.41) is 36.2. The zero-order valence-electron chi connectivity index (χ0n) is 13.5. The molecule has 0 aliphatic rings. The third-order valence-corrected chi connectivity index (χ3v) is 3.79. The molecule has 0 saturated carbocycles. The first-order valence-electron chi connectivity index (χ1n) is 7.61. The van der Waals surface area contributed by atoms with Crippen molar-refractivity contribution in [1.82, 2.24) is 20.4 Å². The van der Waals surface area contributed by atoms with Crippen molar-refractivity contribution in [3.8, 4) is 0 Å². The lowest BCUT2D eigenvalue weighted by Crippen LogP contribution is -2.13. The number of aryl methyl sites for hydroxylation is 2. The molecule has 24 heavy (non-hydrogen) atoms. The van der Waals surface area contributed by atoms with E-state index in [1.165, 1.54) is 0 Å². The predicted octanol–water partition coefficient (Wildman–Crippen LogP) is 2.05. The highest BCUT2D eigenvalue weighted by molar-refractivity contribution is 5.27. The van der Waals surface area contributed by atoms with Crippen molar-refractivity contribution in [2.24, 2.45) is 0 Å². The van der Waals surface area contributed by atoms with Crippen molar-refractivity contribution < 1.29 is 10.2 Å². The second-order valence-electron chi connectivity index (χ2n) is 5.74. The minimum Gasteiger partial charge on any atom is -0.380 e. The molecular weight excluding hydrogens is 304 g/mol. The van der Waals surface area contributed by atoms with Crippen LogP contribution < -0.4 is 0 Å². The molecule has 6 nitrogen and oxygen atoms in total. The smallest absolute Gasteiger partial charge is 0.206 e. The summed E-state index contributed by atoms with van der Waals surface area (Å²) in [6.07, 6.45) is -2.01. The first-order valence-corrected chi connectivity index (χ1v) is 7.61. The summed E-state index contributed by atoms with van der Waals surface area (Å²) in [4.78, 5) is 0. The Morgan fingerprint density at radius 2 is 0.875 bits per heavy atom. The second-order valence-corrected chi connectivity index (χ2v) is 5.74. The Morgan fingerprint density at radius 1 is 0.583 bits per heavy atom. The molecule has 122 valence electrons. The number of aliphatic hydroxyl groups excluding tert-OH is 2. The van der Waals surface area contributed by atoms with Gasteiger partial charge in [0.2, 0.25) is 11.6 Å². The number of hydrogen-bond acceptors (Lipinski definition) is 6. The molecule has 0 amide bonds. The fraction of sp³-hybridized carbons (Fsp3) is 0.222. The van der Waals surface area contributed by atoms with Crippen LogP contribution in [0.5, 0.6) is 0 Å². The van der Waals surface area contributed by atoms with Crippen molar-refractivity contribution in [2.45, 2.75) is 26.1 Å². The van der Waals surface area contributed by atoms with Crippen LogP contribution in [-0.4, -0.2) is 30.6 Å². The summed E-state index contributed by atoms with van der Waals surface area (Å²) in [7, 11) is 0. The highest BCUT2D eigenvalue weighted by atomic mass is 16.3. The highest BCUT2D eigenvalue weighted by Crippen LogP contribution is 2.20. The molecule has 0 aliphatic heterocycles. The van der Waals surface area contributed by atoms with Gasteiger partial charge in [0.25, 0.3) is 0 Å². The Bertz CT molecular complexity index is 731. The first-order chi connectivity index (χ1) is 11.5. The van der Waals surface area contributed by atoms with Crippen LogP contribution in [0.4, 0.5) is 0 Å². The summed E-state index contributed by atoms with van der Waals surface area (Å²) in [5.41, 5.74) is 3.52. The van der Waals surface area contributed by atoms with Crippen LogP contribution >= 0.6 is 0 Å². The van der Waals surface area contributed by atoms with Gasteiger partial charge >= 0.3 is 0 Å². The molecule has 2 aromatic carbocycles. The van der Waals surface area contributed by atoms with E-state index in [0.717, 1.165) is 11.1 Å². The zero-order valence-corrected chi connectivity index (χ0v) is 13.5. The van der Waals surface area contributed by atoms with E-state index in [2.05, 4.69) is 20.4 Å². The Labute approximate surface area is 139 Å². The molecular formula is C18H18N4O2. The fourth-order valence-corrected chi connectivity index (χ4v) is 2.26. The Morgan fingerprint density at radius 3 is 1.17 bits per heavy atom. The maximum Gasteiger partial charge on any atom is 0.206 e. The zero-order chi connectivity index (χ0) is 17.1. The van der Waals surface area contributed by atoms with Crippen molar-refractivity contribution >= 4 is 0 Å². The van der Waals surface area contributed by atoms with E-state index < -0.39 is 12.2 Å². The molecule has 2 N–H and O–H groups in total. The first kappa shape index (κ1) is 16.2. The van der Waals surface area contributed by atoms with E-state index in [9.17, 15) is 10.2 Å². The molecule has 6 heteroatoms. The summed E-state index contributed by atoms with van der Waals surface area (Å²) in [6.45, 7) is 3.94. The minimum absolute atomic E-state index is 0.0960. The molecule has 0 unspecified atom stereocenters. The van der Waals surface area contributed by atoms with Crippen molar-refractivity contribution in [2.75, 3.05) is 0 Å². The van der Waals surface area contributed by atoms with Gasteiger partial charge in [0.1, 0.15) is 12.2 Å². The largest absolute Gasteiger partial charge is 0.380 e. The number of aromatic nitrogens is 4. The third kappa shape index (κ3) is 3.45. The van der Waals surface area contributed by atoms with E-state index in [-0.39, 0.29) is 11.6 Å². The molecule has 0 spiro atoms. The molecule has 0 fully saturated rings. The van der Waals surface area contributed by atoms with Gasteiger partial charge in [-0.15, -0.1) is 20.4 Å². The average Bonchev–Trinajstić information content (AvgIpc) is 2.62. The SMILES string of the molecule is Cc1ccc([C@@H](O)c2nnc([C@@H](O)c3ccc(C)cc3)nn2)cc1. The number of hydrogen-bond donors (Lipinski definition) is 2. The molecule has 1 aromatic heterocycles. The fourth-order valence-electron chi connectivity index (χ4n) is 2.26. The Kier molecular flexibility index (Phi) is 4.59. The van der Waals surface area contributed by atoms with Gasteiger partial charge in [0, 0.05) is 0 Å². The van der Waals surface area contributed by atoms with E-state index in [1.807, 2.05) is 38.1 Å². The predicted molar refractivity (Wildman–Crippen MR) is 88.1 cm³/mol. The van der Waals surface area contributed by atoms with E-state index in [4.69, 9.17) is 0 Å². The molecule has 3 rings (SSSR count). The number of benzene rings is 2. The highest BCUT2D eigenvalue weighted by Gasteiger charge is 2.18. The van der Waals surface area contributed by atoms with Gasteiger partial charge in [-0.25, -0.2) is 0 Å². The lowest BCUT2D eigenvalue weighted by molar-refractivity contribution is 0.193. The molecule has 0 radical (unpaired) electrons. The Hall–Kier alpha value is -2.70. The van der Waals surface area contributed by atoms with Gasteiger partial charge < -0.3 is 10.2 Å². The summed E-state index contributed by atoms with van der Waals surface area (Å²) in [5.74, 6) is 0.192. The average molecular weight is 322 g/mol. The van der Waals surface area contributed by atoms with Crippen LogP contribution in [-0.2, 0) is 0 Å². The number of nitrogens with zero attached hydrogens (tertiary/aromatic N) is 4. The van der Waals surface area contributed by atoms with Crippen LogP contribution in [0, 0.1) is 13.8 Å².